The number of hydrogen-bond donors (Lipinski definition) is 2. The number of carboxylic acids is 1. The summed E-state index contributed by atoms with van der Waals surface area (Å²) < 4.78 is 18.8. The largest absolute Gasteiger partial charge is 0.480 e. The fraction of sp³-hybridized carbons (Fsp3) is 0.400. The smallest absolute Gasteiger partial charge is 0.326 e. The van der Waals surface area contributed by atoms with Gasteiger partial charge in [-0.05, 0) is 18.2 Å². The summed E-state index contributed by atoms with van der Waals surface area (Å²) in [5.74, 6) is -2.83. The van der Waals surface area contributed by atoms with Gasteiger partial charge in [0.25, 0.3) is 5.91 Å². The van der Waals surface area contributed by atoms with Crippen LogP contribution in [0.25, 0.3) is 0 Å². The number of likely N-dealkylation sites (tertiary alicyclic amines) is 1. The summed E-state index contributed by atoms with van der Waals surface area (Å²) in [4.78, 5) is 36.1. The van der Waals surface area contributed by atoms with E-state index in [1.807, 2.05) is 0 Å². The van der Waals surface area contributed by atoms with Gasteiger partial charge in [0.15, 0.2) is 0 Å². The number of carbonyl (C=O) groups excluding carboxylic acids is 2. The van der Waals surface area contributed by atoms with Gasteiger partial charge in [-0.1, -0.05) is 0 Å². The van der Waals surface area contributed by atoms with Crippen LogP contribution < -0.4 is 5.32 Å². The van der Waals surface area contributed by atoms with Crippen molar-refractivity contribution in [2.75, 3.05) is 19.0 Å². The van der Waals surface area contributed by atoms with Crippen molar-refractivity contribution < 1.29 is 28.6 Å². The summed E-state index contributed by atoms with van der Waals surface area (Å²) in [6, 6.07) is 2.50. The topological polar surface area (TPSA) is 95.9 Å². The molecule has 7 nitrogen and oxygen atoms in total. The van der Waals surface area contributed by atoms with Gasteiger partial charge in [-0.15, -0.1) is 0 Å². The number of anilines is 1. The SMILES string of the molecule is COC1CC(C(=O)O)N(C(=O)c2ccc(F)c(NC(C)=O)c2)C1. The van der Waals surface area contributed by atoms with E-state index in [1.54, 1.807) is 0 Å². The highest BCUT2D eigenvalue weighted by atomic mass is 19.1. The molecule has 1 saturated heterocycles. The summed E-state index contributed by atoms with van der Waals surface area (Å²) in [5, 5.41) is 11.5. The Labute approximate surface area is 132 Å². The number of ether oxygens (including phenoxy) is 1. The molecule has 1 aromatic carbocycles. The Kier molecular flexibility index (Phi) is 4.95. The molecule has 2 N–H and O–H groups in total. The zero-order valence-corrected chi connectivity index (χ0v) is 12.7. The number of hydrogen-bond acceptors (Lipinski definition) is 4. The minimum absolute atomic E-state index is 0.0955. The molecular weight excluding hydrogens is 307 g/mol. The second-order valence-electron chi connectivity index (χ2n) is 5.28. The Morgan fingerprint density at radius 2 is 2.09 bits per heavy atom. The van der Waals surface area contributed by atoms with Gasteiger partial charge < -0.3 is 20.1 Å². The molecule has 2 rings (SSSR count). The number of halogens is 1. The Hall–Kier alpha value is -2.48. The number of amides is 2. The van der Waals surface area contributed by atoms with Crippen LogP contribution in [0.15, 0.2) is 18.2 Å². The average Bonchev–Trinajstić information content (AvgIpc) is 2.93. The molecule has 1 aliphatic heterocycles. The van der Waals surface area contributed by atoms with Gasteiger partial charge in [-0.3, -0.25) is 9.59 Å². The number of rotatable bonds is 4. The van der Waals surface area contributed by atoms with E-state index >= 15 is 0 Å². The molecule has 0 aromatic heterocycles. The second kappa shape index (κ2) is 6.74. The molecule has 2 unspecified atom stereocenters. The summed E-state index contributed by atoms with van der Waals surface area (Å²) in [6.07, 6.45) is -0.174. The molecule has 1 aromatic rings. The maximum absolute atomic E-state index is 13.6. The lowest BCUT2D eigenvalue weighted by Crippen LogP contribution is -2.40. The lowest BCUT2D eigenvalue weighted by atomic mass is 10.1. The van der Waals surface area contributed by atoms with Crippen LogP contribution in [-0.2, 0) is 14.3 Å². The van der Waals surface area contributed by atoms with E-state index in [1.165, 1.54) is 31.1 Å². The highest BCUT2D eigenvalue weighted by molar-refractivity contribution is 5.99. The van der Waals surface area contributed by atoms with E-state index in [0.717, 1.165) is 6.07 Å². The highest BCUT2D eigenvalue weighted by Gasteiger charge is 2.40. The minimum Gasteiger partial charge on any atom is -0.480 e. The Morgan fingerprint density at radius 3 is 2.65 bits per heavy atom. The number of aliphatic carboxylic acids is 1. The van der Waals surface area contributed by atoms with E-state index in [-0.39, 0.29) is 30.3 Å². The Balaban J connectivity index is 2.28. The molecule has 8 heteroatoms. The van der Waals surface area contributed by atoms with Crippen molar-refractivity contribution in [3.8, 4) is 0 Å². The van der Waals surface area contributed by atoms with E-state index < -0.39 is 29.6 Å². The van der Waals surface area contributed by atoms with Gasteiger partial charge in [0.2, 0.25) is 5.91 Å². The predicted molar refractivity (Wildman–Crippen MR) is 78.6 cm³/mol. The molecule has 0 saturated carbocycles. The van der Waals surface area contributed by atoms with Crippen molar-refractivity contribution >= 4 is 23.5 Å². The number of benzene rings is 1. The first-order valence-electron chi connectivity index (χ1n) is 6.97. The van der Waals surface area contributed by atoms with Crippen LogP contribution in [0.3, 0.4) is 0 Å². The number of nitrogens with one attached hydrogen (secondary N) is 1. The lowest BCUT2D eigenvalue weighted by Gasteiger charge is -2.21. The maximum Gasteiger partial charge on any atom is 0.326 e. The molecule has 1 aliphatic rings. The molecule has 2 atom stereocenters. The van der Waals surface area contributed by atoms with Crippen molar-refractivity contribution in [2.24, 2.45) is 0 Å². The summed E-state index contributed by atoms with van der Waals surface area (Å²) in [6.45, 7) is 1.36. The number of carbonyl (C=O) groups is 3. The summed E-state index contributed by atoms with van der Waals surface area (Å²) in [7, 11) is 1.45. The van der Waals surface area contributed by atoms with Crippen molar-refractivity contribution in [1.29, 1.82) is 0 Å². The number of carboxylic acid groups (broad SMARTS) is 1. The maximum atomic E-state index is 13.6. The molecule has 124 valence electrons. The van der Waals surface area contributed by atoms with Gasteiger partial charge in [0.1, 0.15) is 11.9 Å². The van der Waals surface area contributed by atoms with Crippen LogP contribution in [0.2, 0.25) is 0 Å². The molecule has 1 fully saturated rings. The van der Waals surface area contributed by atoms with Crippen LogP contribution in [0.5, 0.6) is 0 Å². The van der Waals surface area contributed by atoms with Crippen molar-refractivity contribution in [1.82, 2.24) is 4.90 Å². The van der Waals surface area contributed by atoms with Gasteiger partial charge in [-0.25, -0.2) is 9.18 Å². The van der Waals surface area contributed by atoms with E-state index in [9.17, 15) is 23.9 Å². The molecule has 2 amide bonds. The minimum atomic E-state index is -1.12. The van der Waals surface area contributed by atoms with E-state index in [4.69, 9.17) is 4.74 Å². The molecular formula is C15H17FN2O5. The average molecular weight is 324 g/mol. The quantitative estimate of drug-likeness (QED) is 0.864. The third-order valence-electron chi connectivity index (χ3n) is 3.67. The zero-order chi connectivity index (χ0) is 17.1. The first kappa shape index (κ1) is 16.9. The molecule has 0 bridgehead atoms. The normalized spacial score (nSPS) is 20.4. The lowest BCUT2D eigenvalue weighted by molar-refractivity contribution is -0.141. The van der Waals surface area contributed by atoms with Crippen molar-refractivity contribution in [3.05, 3.63) is 29.6 Å². The first-order valence-corrected chi connectivity index (χ1v) is 6.97. The zero-order valence-electron chi connectivity index (χ0n) is 12.7. The number of nitrogens with zero attached hydrogens (tertiary/aromatic N) is 1. The van der Waals surface area contributed by atoms with Gasteiger partial charge in [0.05, 0.1) is 11.8 Å². The van der Waals surface area contributed by atoms with Gasteiger partial charge >= 0.3 is 5.97 Å². The standard InChI is InChI=1S/C15H17FN2O5/c1-8(19)17-12-5-9(3-4-11(12)16)14(20)18-7-10(23-2)6-13(18)15(21)22/h3-5,10,13H,6-7H2,1-2H3,(H,17,19)(H,21,22). The molecule has 23 heavy (non-hydrogen) atoms. The molecule has 1 heterocycles. The summed E-state index contributed by atoms with van der Waals surface area (Å²) in [5.41, 5.74) is -0.0316. The predicted octanol–water partition coefficient (Wildman–Crippen LogP) is 1.10. The summed E-state index contributed by atoms with van der Waals surface area (Å²) >= 11 is 0. The Morgan fingerprint density at radius 1 is 1.39 bits per heavy atom. The number of methoxy groups -OCH3 is 1. The van der Waals surface area contributed by atoms with Crippen LogP contribution in [0, 0.1) is 5.82 Å². The van der Waals surface area contributed by atoms with Crippen molar-refractivity contribution in [2.45, 2.75) is 25.5 Å². The molecule has 0 aliphatic carbocycles. The molecule has 0 radical (unpaired) electrons. The van der Waals surface area contributed by atoms with Crippen LogP contribution in [-0.4, -0.2) is 53.6 Å². The van der Waals surface area contributed by atoms with Crippen LogP contribution in [0.4, 0.5) is 10.1 Å². The van der Waals surface area contributed by atoms with Gasteiger partial charge in [-0.2, -0.15) is 0 Å². The van der Waals surface area contributed by atoms with Gasteiger partial charge in [0, 0.05) is 32.6 Å². The van der Waals surface area contributed by atoms with Crippen molar-refractivity contribution in [3.63, 3.8) is 0 Å². The fourth-order valence-corrected chi connectivity index (χ4v) is 2.54. The van der Waals surface area contributed by atoms with Crippen LogP contribution in [0.1, 0.15) is 23.7 Å². The highest BCUT2D eigenvalue weighted by Crippen LogP contribution is 2.24. The fourth-order valence-electron chi connectivity index (χ4n) is 2.54. The third kappa shape index (κ3) is 3.65. The molecule has 0 spiro atoms. The van der Waals surface area contributed by atoms with E-state index in [2.05, 4.69) is 5.32 Å². The Bertz CT molecular complexity index is 649. The monoisotopic (exact) mass is 324 g/mol. The van der Waals surface area contributed by atoms with E-state index in [0.29, 0.717) is 0 Å². The first-order chi connectivity index (χ1) is 10.8. The van der Waals surface area contributed by atoms with Crippen LogP contribution >= 0.6 is 0 Å². The second-order valence-corrected chi connectivity index (χ2v) is 5.28. The third-order valence-corrected chi connectivity index (χ3v) is 3.67.